The molecule has 1 heterocycles. The fourth-order valence-corrected chi connectivity index (χ4v) is 2.83. The highest BCUT2D eigenvalue weighted by atomic mass is 35.5. The molecule has 1 aliphatic rings. The van der Waals surface area contributed by atoms with Crippen molar-refractivity contribution in [3.63, 3.8) is 0 Å². The van der Waals surface area contributed by atoms with Gasteiger partial charge in [-0.25, -0.2) is 0 Å². The van der Waals surface area contributed by atoms with E-state index in [1.165, 1.54) is 4.90 Å². The maximum atomic E-state index is 12.9. The van der Waals surface area contributed by atoms with Gasteiger partial charge in [-0.1, -0.05) is 23.7 Å². The van der Waals surface area contributed by atoms with Crippen LogP contribution >= 0.6 is 11.6 Å². The van der Waals surface area contributed by atoms with Crippen molar-refractivity contribution < 1.29 is 17.1 Å². The fourth-order valence-electron chi connectivity index (χ4n) is 1.94. The van der Waals surface area contributed by atoms with Crippen molar-refractivity contribution in [2.75, 3.05) is 11.4 Å². The van der Waals surface area contributed by atoms with Gasteiger partial charge in [-0.15, -0.1) is 3.89 Å². The van der Waals surface area contributed by atoms with Gasteiger partial charge in [0, 0.05) is 13.0 Å². The molecule has 1 saturated heterocycles. The van der Waals surface area contributed by atoms with E-state index in [4.69, 9.17) is 11.6 Å². The molecule has 1 aromatic carbocycles. The average molecular weight is 292 g/mol. The molecule has 0 spiro atoms. The number of hydrogen-bond acceptors (Lipinski definition) is 3. The lowest BCUT2D eigenvalue weighted by atomic mass is 10.2. The Morgan fingerprint density at radius 3 is 2.67 bits per heavy atom. The third-order valence-electron chi connectivity index (χ3n) is 2.95. The van der Waals surface area contributed by atoms with E-state index in [1.54, 1.807) is 25.1 Å². The molecule has 18 heavy (non-hydrogen) atoms. The third kappa shape index (κ3) is 2.35. The summed E-state index contributed by atoms with van der Waals surface area (Å²) >= 11 is 6.06. The molecule has 7 heteroatoms. The summed E-state index contributed by atoms with van der Waals surface area (Å²) in [5, 5.41) is -0.927. The molecule has 1 fully saturated rings. The van der Waals surface area contributed by atoms with Crippen LogP contribution in [0.15, 0.2) is 18.2 Å². The van der Waals surface area contributed by atoms with E-state index in [9.17, 15) is 17.1 Å². The highest BCUT2D eigenvalue weighted by molar-refractivity contribution is 7.87. The molecule has 0 saturated carbocycles. The van der Waals surface area contributed by atoms with Gasteiger partial charge in [-0.3, -0.25) is 4.79 Å². The molecular formula is C11H11ClFNO3S. The summed E-state index contributed by atoms with van der Waals surface area (Å²) in [7, 11) is -4.70. The van der Waals surface area contributed by atoms with Crippen LogP contribution in [0.4, 0.5) is 9.57 Å². The van der Waals surface area contributed by atoms with Crippen molar-refractivity contribution in [2.24, 2.45) is 0 Å². The first kappa shape index (κ1) is 13.3. The standard InChI is InChI=1S/C11H11ClFNO3S/c1-7-3-2-4-9(11(7)12)14-6-8(5-10(14)15)18(13,16)17/h2-4,8H,5-6H2,1H3. The second-order valence-electron chi connectivity index (χ2n) is 4.21. The summed E-state index contributed by atoms with van der Waals surface area (Å²) < 4.78 is 34.6. The van der Waals surface area contributed by atoms with Gasteiger partial charge in [0.05, 0.1) is 10.7 Å². The first-order valence-electron chi connectivity index (χ1n) is 5.29. The van der Waals surface area contributed by atoms with Gasteiger partial charge in [-0.05, 0) is 18.6 Å². The maximum absolute atomic E-state index is 12.9. The highest BCUT2D eigenvalue weighted by Crippen LogP contribution is 2.33. The third-order valence-corrected chi connectivity index (χ3v) is 4.55. The normalized spacial score (nSPS) is 20.5. The van der Waals surface area contributed by atoms with Crippen LogP contribution in [0.1, 0.15) is 12.0 Å². The number of carbonyl (C=O) groups excluding carboxylic acids is 1. The number of aryl methyl sites for hydroxylation is 1. The SMILES string of the molecule is Cc1cccc(N2CC(S(=O)(=O)F)CC2=O)c1Cl. The Balaban J connectivity index is 2.36. The monoisotopic (exact) mass is 291 g/mol. The number of nitrogens with zero attached hydrogens (tertiary/aromatic N) is 1. The van der Waals surface area contributed by atoms with Crippen LogP contribution in [0.2, 0.25) is 5.02 Å². The van der Waals surface area contributed by atoms with E-state index in [0.717, 1.165) is 5.56 Å². The maximum Gasteiger partial charge on any atom is 0.307 e. The molecule has 0 bridgehead atoms. The zero-order valence-corrected chi connectivity index (χ0v) is 11.1. The average Bonchev–Trinajstić information content (AvgIpc) is 2.64. The van der Waals surface area contributed by atoms with E-state index in [0.29, 0.717) is 10.7 Å². The lowest BCUT2D eigenvalue weighted by Gasteiger charge is -2.18. The summed E-state index contributed by atoms with van der Waals surface area (Å²) in [5.74, 6) is -0.436. The summed E-state index contributed by atoms with van der Waals surface area (Å²) in [6, 6.07) is 5.09. The number of carbonyl (C=O) groups is 1. The zero-order chi connectivity index (χ0) is 13.5. The molecule has 1 aromatic rings. The molecule has 0 aliphatic carbocycles. The Kier molecular flexibility index (Phi) is 3.33. The van der Waals surface area contributed by atoms with Crippen LogP contribution in [0.5, 0.6) is 0 Å². The van der Waals surface area contributed by atoms with Crippen molar-refractivity contribution in [1.29, 1.82) is 0 Å². The first-order valence-corrected chi connectivity index (χ1v) is 7.12. The van der Waals surface area contributed by atoms with Crippen LogP contribution in [-0.4, -0.2) is 26.1 Å². The van der Waals surface area contributed by atoms with Crippen molar-refractivity contribution in [3.8, 4) is 0 Å². The molecule has 1 unspecified atom stereocenters. The summed E-state index contributed by atoms with van der Waals surface area (Å²) in [6.45, 7) is 1.58. The van der Waals surface area contributed by atoms with Crippen molar-refractivity contribution in [1.82, 2.24) is 0 Å². The Morgan fingerprint density at radius 1 is 1.44 bits per heavy atom. The zero-order valence-electron chi connectivity index (χ0n) is 9.56. The summed E-state index contributed by atoms with van der Waals surface area (Å²) in [5.41, 5.74) is 1.20. The van der Waals surface area contributed by atoms with E-state index < -0.39 is 21.4 Å². The van der Waals surface area contributed by atoms with Gasteiger partial charge in [0.2, 0.25) is 5.91 Å². The van der Waals surface area contributed by atoms with Gasteiger partial charge in [0.25, 0.3) is 0 Å². The minimum absolute atomic E-state index is 0.194. The van der Waals surface area contributed by atoms with Gasteiger partial charge in [-0.2, -0.15) is 8.42 Å². The van der Waals surface area contributed by atoms with Gasteiger partial charge in [0.15, 0.2) is 0 Å². The quantitative estimate of drug-likeness (QED) is 0.784. The molecule has 1 aliphatic heterocycles. The van der Waals surface area contributed by atoms with Crippen molar-refractivity contribution in [3.05, 3.63) is 28.8 Å². The highest BCUT2D eigenvalue weighted by Gasteiger charge is 2.39. The molecule has 1 amide bonds. The number of benzene rings is 1. The van der Waals surface area contributed by atoms with Crippen LogP contribution in [-0.2, 0) is 15.0 Å². The summed E-state index contributed by atoms with van der Waals surface area (Å²) in [6.07, 6.45) is -0.344. The van der Waals surface area contributed by atoms with Gasteiger partial charge >= 0.3 is 10.2 Å². The Labute approximate surface area is 110 Å². The second kappa shape index (κ2) is 4.51. The largest absolute Gasteiger partial charge is 0.309 e. The Bertz CT molecular complexity index is 602. The van der Waals surface area contributed by atoms with E-state index in [1.807, 2.05) is 0 Å². The predicted octanol–water partition coefficient (Wildman–Crippen LogP) is 2.05. The summed E-state index contributed by atoms with van der Waals surface area (Å²) in [4.78, 5) is 13.0. The number of hydrogen-bond donors (Lipinski definition) is 0. The first-order chi connectivity index (χ1) is 8.30. The molecule has 0 N–H and O–H groups in total. The number of amides is 1. The van der Waals surface area contributed by atoms with Crippen LogP contribution in [0.25, 0.3) is 0 Å². The smallest absolute Gasteiger partial charge is 0.307 e. The topological polar surface area (TPSA) is 54.5 Å². The molecule has 4 nitrogen and oxygen atoms in total. The second-order valence-corrected chi connectivity index (χ2v) is 6.21. The molecule has 98 valence electrons. The predicted molar refractivity (Wildman–Crippen MR) is 67.0 cm³/mol. The Morgan fingerprint density at radius 2 is 2.11 bits per heavy atom. The van der Waals surface area contributed by atoms with Crippen molar-refractivity contribution in [2.45, 2.75) is 18.6 Å². The molecule has 0 radical (unpaired) electrons. The van der Waals surface area contributed by atoms with Crippen molar-refractivity contribution >= 4 is 33.4 Å². The Hall–Kier alpha value is -1.14. The molecule has 0 aromatic heterocycles. The molecular weight excluding hydrogens is 281 g/mol. The van der Waals surface area contributed by atoms with E-state index >= 15 is 0 Å². The van der Waals surface area contributed by atoms with Gasteiger partial charge in [0.1, 0.15) is 5.25 Å². The number of anilines is 1. The molecule has 1 atom stereocenters. The lowest BCUT2D eigenvalue weighted by molar-refractivity contribution is -0.117. The minimum atomic E-state index is -4.70. The molecule has 2 rings (SSSR count). The van der Waals surface area contributed by atoms with Crippen LogP contribution in [0.3, 0.4) is 0 Å². The van der Waals surface area contributed by atoms with Crippen LogP contribution in [0, 0.1) is 6.92 Å². The fraction of sp³-hybridized carbons (Fsp3) is 0.364. The van der Waals surface area contributed by atoms with E-state index in [2.05, 4.69) is 0 Å². The number of halogens is 2. The van der Waals surface area contributed by atoms with Gasteiger partial charge < -0.3 is 4.90 Å². The minimum Gasteiger partial charge on any atom is -0.309 e. The van der Waals surface area contributed by atoms with E-state index in [-0.39, 0.29) is 13.0 Å². The van der Waals surface area contributed by atoms with Crippen LogP contribution < -0.4 is 4.90 Å². The lowest BCUT2D eigenvalue weighted by Crippen LogP contribution is -2.27. The number of rotatable bonds is 2.